The number of hydrogen-bond donors (Lipinski definition) is 1. The number of nitrogens with zero attached hydrogens (tertiary/aromatic N) is 1. The molecule has 1 heterocycles. The first-order chi connectivity index (χ1) is 5.58. The Bertz CT molecular complexity index is 248. The smallest absolute Gasteiger partial charge is 0.345 e. The quantitative estimate of drug-likeness (QED) is 0.736. The third kappa shape index (κ3) is 3.23. The van der Waals surface area contributed by atoms with Crippen LogP contribution in [0.5, 0.6) is 0 Å². The normalized spacial score (nSPS) is 12.6. The first kappa shape index (κ1) is 8.83. The zero-order chi connectivity index (χ0) is 9.03. The summed E-state index contributed by atoms with van der Waals surface area (Å²) in [4.78, 5) is 6.38. The van der Waals surface area contributed by atoms with Crippen LogP contribution in [0.25, 0.3) is 6.08 Å². The van der Waals surface area contributed by atoms with E-state index in [9.17, 15) is 13.2 Å². The maximum atomic E-state index is 11.6. The zero-order valence-corrected chi connectivity index (χ0v) is 6.10. The van der Waals surface area contributed by atoms with Crippen LogP contribution in [0.15, 0.2) is 18.5 Å². The van der Waals surface area contributed by atoms with Crippen LogP contribution in [-0.4, -0.2) is 16.1 Å². The summed E-state index contributed by atoms with van der Waals surface area (Å²) in [6.45, 7) is 0. The number of aromatic nitrogens is 2. The molecule has 0 fully saturated rings. The first-order valence-corrected chi connectivity index (χ1v) is 3.30. The molecule has 0 saturated heterocycles. The molecular weight excluding hydrogens is 169 g/mol. The second-order valence-corrected chi connectivity index (χ2v) is 2.20. The van der Waals surface area contributed by atoms with Crippen LogP contribution in [-0.2, 0) is 0 Å². The molecule has 0 aliphatic carbocycles. The lowest BCUT2D eigenvalue weighted by Gasteiger charge is -1.99. The van der Waals surface area contributed by atoms with Crippen molar-refractivity contribution < 1.29 is 13.2 Å². The van der Waals surface area contributed by atoms with Gasteiger partial charge in [-0.3, -0.25) is 0 Å². The minimum absolute atomic E-state index is 0.430. The molecule has 0 atom stereocenters. The maximum absolute atomic E-state index is 11.6. The summed E-state index contributed by atoms with van der Waals surface area (Å²) in [5.41, 5.74) is 0. The molecule has 0 amide bonds. The van der Waals surface area contributed by atoms with Crippen molar-refractivity contribution in [2.75, 3.05) is 0 Å². The Morgan fingerprint density at radius 3 is 2.75 bits per heavy atom. The summed E-state index contributed by atoms with van der Waals surface area (Å²) in [6.07, 6.45) is 0.295. The number of H-pyrrole nitrogens is 1. The van der Waals surface area contributed by atoms with Gasteiger partial charge in [-0.1, -0.05) is 6.08 Å². The SMILES string of the molecule is FC(F)(F)CC=Cc1ncc[nH]1. The summed E-state index contributed by atoms with van der Waals surface area (Å²) in [5, 5.41) is 0. The van der Waals surface area contributed by atoms with Crippen molar-refractivity contribution >= 4 is 6.08 Å². The highest BCUT2D eigenvalue weighted by molar-refractivity contribution is 5.39. The number of aromatic amines is 1. The van der Waals surface area contributed by atoms with Crippen molar-refractivity contribution in [3.8, 4) is 0 Å². The van der Waals surface area contributed by atoms with Crippen molar-refractivity contribution in [2.45, 2.75) is 12.6 Å². The predicted molar refractivity (Wildman–Crippen MR) is 38.3 cm³/mol. The van der Waals surface area contributed by atoms with E-state index in [0.29, 0.717) is 5.82 Å². The largest absolute Gasteiger partial charge is 0.392 e. The van der Waals surface area contributed by atoms with Crippen molar-refractivity contribution in [3.63, 3.8) is 0 Å². The van der Waals surface area contributed by atoms with Gasteiger partial charge in [0.05, 0.1) is 6.42 Å². The molecule has 5 heteroatoms. The van der Waals surface area contributed by atoms with E-state index >= 15 is 0 Å². The number of imidazole rings is 1. The lowest BCUT2D eigenvalue weighted by molar-refractivity contribution is -0.124. The first-order valence-electron chi connectivity index (χ1n) is 3.30. The fraction of sp³-hybridized carbons (Fsp3) is 0.286. The highest BCUT2D eigenvalue weighted by Gasteiger charge is 2.24. The highest BCUT2D eigenvalue weighted by atomic mass is 19.4. The Morgan fingerprint density at radius 2 is 2.25 bits per heavy atom. The second kappa shape index (κ2) is 3.42. The van der Waals surface area contributed by atoms with Crippen LogP contribution >= 0.6 is 0 Å². The third-order valence-corrected chi connectivity index (χ3v) is 1.14. The van der Waals surface area contributed by atoms with Gasteiger partial charge in [-0.25, -0.2) is 4.98 Å². The van der Waals surface area contributed by atoms with E-state index in [1.165, 1.54) is 12.3 Å². The van der Waals surface area contributed by atoms with Crippen molar-refractivity contribution in [1.82, 2.24) is 9.97 Å². The van der Waals surface area contributed by atoms with Gasteiger partial charge in [0.15, 0.2) is 0 Å². The molecule has 0 unspecified atom stereocenters. The Kier molecular flexibility index (Phi) is 2.52. The van der Waals surface area contributed by atoms with E-state index in [2.05, 4.69) is 9.97 Å². The lowest BCUT2D eigenvalue weighted by atomic mass is 10.3. The molecule has 1 rings (SSSR count). The van der Waals surface area contributed by atoms with Crippen LogP contribution in [0.2, 0.25) is 0 Å². The third-order valence-electron chi connectivity index (χ3n) is 1.14. The maximum Gasteiger partial charge on any atom is 0.392 e. The molecule has 66 valence electrons. The molecule has 1 N–H and O–H groups in total. The molecule has 0 saturated carbocycles. The number of rotatable bonds is 2. The van der Waals surface area contributed by atoms with E-state index in [1.54, 1.807) is 6.20 Å². The molecule has 12 heavy (non-hydrogen) atoms. The average Bonchev–Trinajstić information content (AvgIpc) is 2.36. The topological polar surface area (TPSA) is 28.7 Å². The Balaban J connectivity index is 2.42. The summed E-state index contributed by atoms with van der Waals surface area (Å²) < 4.78 is 34.8. The van der Waals surface area contributed by atoms with Gasteiger partial charge in [-0.2, -0.15) is 13.2 Å². The Hall–Kier alpha value is -1.26. The average molecular weight is 176 g/mol. The Labute approximate surface area is 67.1 Å². The van der Waals surface area contributed by atoms with Gasteiger partial charge < -0.3 is 4.98 Å². The van der Waals surface area contributed by atoms with Gasteiger partial charge >= 0.3 is 6.18 Å². The standard InChI is InChI=1S/C7H7F3N2/c8-7(9,10)3-1-2-6-11-4-5-12-6/h1-2,4-5H,3H2,(H,11,12). The summed E-state index contributed by atoms with van der Waals surface area (Å²) in [5.74, 6) is 0.430. The van der Waals surface area contributed by atoms with Crippen molar-refractivity contribution in [1.29, 1.82) is 0 Å². The van der Waals surface area contributed by atoms with Crippen LogP contribution in [0.1, 0.15) is 12.2 Å². The lowest BCUT2D eigenvalue weighted by Crippen LogP contribution is -2.03. The Morgan fingerprint density at radius 1 is 1.50 bits per heavy atom. The molecule has 2 nitrogen and oxygen atoms in total. The number of allylic oxidation sites excluding steroid dienone is 1. The van der Waals surface area contributed by atoms with Crippen LogP contribution in [0.4, 0.5) is 13.2 Å². The monoisotopic (exact) mass is 176 g/mol. The van der Waals surface area contributed by atoms with Gasteiger partial charge in [-0.05, 0) is 6.08 Å². The molecule has 0 aromatic carbocycles. The van der Waals surface area contributed by atoms with E-state index in [4.69, 9.17) is 0 Å². The number of nitrogens with one attached hydrogen (secondary N) is 1. The number of halogens is 3. The zero-order valence-electron chi connectivity index (χ0n) is 6.10. The number of hydrogen-bond acceptors (Lipinski definition) is 1. The summed E-state index contributed by atoms with van der Waals surface area (Å²) in [6, 6.07) is 0. The molecule has 0 bridgehead atoms. The van der Waals surface area contributed by atoms with Gasteiger partial charge in [0.25, 0.3) is 0 Å². The van der Waals surface area contributed by atoms with Gasteiger partial charge in [0, 0.05) is 12.4 Å². The number of alkyl halides is 3. The van der Waals surface area contributed by atoms with E-state index < -0.39 is 12.6 Å². The molecular formula is C7H7F3N2. The van der Waals surface area contributed by atoms with Gasteiger partial charge in [0.2, 0.25) is 0 Å². The highest BCUT2D eigenvalue weighted by Crippen LogP contribution is 2.19. The molecule has 0 aliphatic rings. The predicted octanol–water partition coefficient (Wildman–Crippen LogP) is 2.38. The minimum atomic E-state index is -4.14. The van der Waals surface area contributed by atoms with E-state index in [-0.39, 0.29) is 0 Å². The van der Waals surface area contributed by atoms with Crippen molar-refractivity contribution in [2.24, 2.45) is 0 Å². The fourth-order valence-corrected chi connectivity index (χ4v) is 0.673. The summed E-state index contributed by atoms with van der Waals surface area (Å²) >= 11 is 0. The van der Waals surface area contributed by atoms with E-state index in [0.717, 1.165) is 6.08 Å². The van der Waals surface area contributed by atoms with Crippen LogP contribution in [0.3, 0.4) is 0 Å². The molecule has 0 aliphatic heterocycles. The fourth-order valence-electron chi connectivity index (χ4n) is 0.673. The van der Waals surface area contributed by atoms with Crippen LogP contribution < -0.4 is 0 Å². The van der Waals surface area contributed by atoms with Crippen molar-refractivity contribution in [3.05, 3.63) is 24.3 Å². The molecule has 0 spiro atoms. The van der Waals surface area contributed by atoms with E-state index in [1.807, 2.05) is 0 Å². The van der Waals surface area contributed by atoms with Gasteiger partial charge in [0.1, 0.15) is 5.82 Å². The molecule has 1 aromatic rings. The second-order valence-electron chi connectivity index (χ2n) is 2.20. The summed E-state index contributed by atoms with van der Waals surface area (Å²) in [7, 11) is 0. The van der Waals surface area contributed by atoms with Crippen LogP contribution in [0, 0.1) is 0 Å². The molecule has 1 aromatic heterocycles. The molecule has 0 radical (unpaired) electrons. The minimum Gasteiger partial charge on any atom is -0.345 e. The van der Waals surface area contributed by atoms with Gasteiger partial charge in [-0.15, -0.1) is 0 Å².